The van der Waals surface area contributed by atoms with Gasteiger partial charge < -0.3 is 9.64 Å². The lowest BCUT2D eigenvalue weighted by Gasteiger charge is -2.38. The molecular weight excluding hydrogens is 345 g/mol. The maximum Gasteiger partial charge on any atom is 0.416 e. The van der Waals surface area contributed by atoms with Crippen molar-refractivity contribution in [1.29, 1.82) is 0 Å². The number of rotatable bonds is 6. The van der Waals surface area contributed by atoms with Crippen LogP contribution >= 0.6 is 0 Å². The van der Waals surface area contributed by atoms with Crippen LogP contribution in [0.25, 0.3) is 0 Å². The van der Waals surface area contributed by atoms with Crippen LogP contribution in [0, 0.1) is 0 Å². The van der Waals surface area contributed by atoms with E-state index in [4.69, 9.17) is 4.74 Å². The predicted octanol–water partition coefficient (Wildman–Crippen LogP) is 3.71. The summed E-state index contributed by atoms with van der Waals surface area (Å²) >= 11 is 0. The van der Waals surface area contributed by atoms with E-state index in [1.54, 1.807) is 4.90 Å². The molecule has 0 N–H and O–H groups in total. The summed E-state index contributed by atoms with van der Waals surface area (Å²) in [6.45, 7) is 0.754. The molecule has 0 atom stereocenters. The van der Waals surface area contributed by atoms with Crippen LogP contribution in [-0.2, 0) is 17.4 Å². The number of likely N-dealkylation sites (tertiary alicyclic amines) is 1. The molecule has 1 aliphatic rings. The number of halogens is 3. The number of aryl methyl sites for hydroxylation is 1. The second-order valence-corrected chi connectivity index (χ2v) is 6.26. The first kappa shape index (κ1) is 18.2. The van der Waals surface area contributed by atoms with E-state index in [0.717, 1.165) is 31.2 Å². The molecule has 1 aromatic carbocycles. The van der Waals surface area contributed by atoms with Gasteiger partial charge >= 0.3 is 6.18 Å². The van der Waals surface area contributed by atoms with E-state index < -0.39 is 11.7 Å². The molecule has 1 amide bonds. The predicted molar refractivity (Wildman–Crippen MR) is 89.6 cm³/mol. The largest absolute Gasteiger partial charge is 0.471 e. The fourth-order valence-electron chi connectivity index (χ4n) is 2.78. The molecule has 2 aromatic rings. The molecule has 0 radical (unpaired) electrons. The number of hydrogen-bond acceptors (Lipinski definition) is 3. The minimum atomic E-state index is -4.43. The van der Waals surface area contributed by atoms with E-state index in [-0.39, 0.29) is 17.9 Å². The standard InChI is InChI=1S/C19H19F3N2O2/c20-19(21,22)15-9-10-23-17(11-15)26-16-12-24(13-16)18(25)8-4-7-14-5-2-1-3-6-14/h1-3,5-6,9-11,16H,4,7-8,12-13H2. The Kier molecular flexibility index (Phi) is 5.44. The normalized spacial score (nSPS) is 14.8. The summed E-state index contributed by atoms with van der Waals surface area (Å²) in [4.78, 5) is 17.6. The summed E-state index contributed by atoms with van der Waals surface area (Å²) in [7, 11) is 0. The first-order valence-corrected chi connectivity index (χ1v) is 8.43. The van der Waals surface area contributed by atoms with Gasteiger partial charge in [-0.2, -0.15) is 13.2 Å². The van der Waals surface area contributed by atoms with Gasteiger partial charge in [0.05, 0.1) is 18.7 Å². The van der Waals surface area contributed by atoms with Crippen LogP contribution in [-0.4, -0.2) is 35.0 Å². The van der Waals surface area contributed by atoms with Gasteiger partial charge in [0.25, 0.3) is 0 Å². The molecule has 0 aliphatic carbocycles. The summed E-state index contributed by atoms with van der Waals surface area (Å²) in [5.74, 6) is -0.0289. The Hall–Kier alpha value is -2.57. The van der Waals surface area contributed by atoms with Crippen LogP contribution in [0.1, 0.15) is 24.0 Å². The molecule has 26 heavy (non-hydrogen) atoms. The zero-order chi connectivity index (χ0) is 18.6. The zero-order valence-electron chi connectivity index (χ0n) is 14.1. The Labute approximate surface area is 149 Å². The number of alkyl halides is 3. The number of carbonyl (C=O) groups excluding carboxylic acids is 1. The average Bonchev–Trinajstić information content (AvgIpc) is 2.58. The molecule has 0 bridgehead atoms. The van der Waals surface area contributed by atoms with Crippen molar-refractivity contribution in [2.75, 3.05) is 13.1 Å². The Bertz CT molecular complexity index is 744. The van der Waals surface area contributed by atoms with Gasteiger partial charge in [-0.3, -0.25) is 4.79 Å². The smallest absolute Gasteiger partial charge is 0.416 e. The van der Waals surface area contributed by atoms with Crippen LogP contribution in [0.3, 0.4) is 0 Å². The van der Waals surface area contributed by atoms with E-state index in [1.807, 2.05) is 30.3 Å². The summed E-state index contributed by atoms with van der Waals surface area (Å²) in [5, 5.41) is 0. The molecule has 0 spiro atoms. The molecule has 138 valence electrons. The third kappa shape index (κ3) is 4.74. The second-order valence-electron chi connectivity index (χ2n) is 6.26. The van der Waals surface area contributed by atoms with Crippen molar-refractivity contribution < 1.29 is 22.7 Å². The Morgan fingerprint density at radius 3 is 2.62 bits per heavy atom. The number of hydrogen-bond donors (Lipinski definition) is 0. The molecular formula is C19H19F3N2O2. The van der Waals surface area contributed by atoms with Gasteiger partial charge in [0.2, 0.25) is 11.8 Å². The number of amides is 1. The number of ether oxygens (including phenoxy) is 1. The van der Waals surface area contributed by atoms with Crippen molar-refractivity contribution >= 4 is 5.91 Å². The van der Waals surface area contributed by atoms with Gasteiger partial charge in [0.1, 0.15) is 6.10 Å². The topological polar surface area (TPSA) is 42.4 Å². The van der Waals surface area contributed by atoms with Crippen LogP contribution in [0.15, 0.2) is 48.7 Å². The van der Waals surface area contributed by atoms with Crippen LogP contribution in [0.4, 0.5) is 13.2 Å². The van der Waals surface area contributed by atoms with Crippen LogP contribution < -0.4 is 4.74 Å². The molecule has 1 aliphatic heterocycles. The fraction of sp³-hybridized carbons (Fsp3) is 0.368. The highest BCUT2D eigenvalue weighted by Crippen LogP contribution is 2.31. The van der Waals surface area contributed by atoms with E-state index in [1.165, 1.54) is 5.56 Å². The van der Waals surface area contributed by atoms with Crippen molar-refractivity contribution in [2.24, 2.45) is 0 Å². The minimum Gasteiger partial charge on any atom is -0.471 e. The van der Waals surface area contributed by atoms with Crippen LogP contribution in [0.2, 0.25) is 0 Å². The van der Waals surface area contributed by atoms with Crippen molar-refractivity contribution in [3.8, 4) is 5.88 Å². The number of carbonyl (C=O) groups is 1. The molecule has 1 aromatic heterocycles. The molecule has 1 saturated heterocycles. The van der Waals surface area contributed by atoms with Gasteiger partial charge in [-0.1, -0.05) is 30.3 Å². The quantitative estimate of drug-likeness (QED) is 0.785. The fourth-order valence-corrected chi connectivity index (χ4v) is 2.78. The van der Waals surface area contributed by atoms with Crippen molar-refractivity contribution in [3.63, 3.8) is 0 Å². The molecule has 2 heterocycles. The Morgan fingerprint density at radius 2 is 1.92 bits per heavy atom. The highest BCUT2D eigenvalue weighted by atomic mass is 19.4. The van der Waals surface area contributed by atoms with Gasteiger partial charge in [-0.25, -0.2) is 4.98 Å². The molecule has 7 heteroatoms. The van der Waals surface area contributed by atoms with Crippen molar-refractivity contribution in [3.05, 3.63) is 59.8 Å². The average molecular weight is 364 g/mol. The summed E-state index contributed by atoms with van der Waals surface area (Å²) in [6.07, 6.45) is -1.62. The monoisotopic (exact) mass is 364 g/mol. The molecule has 4 nitrogen and oxygen atoms in total. The van der Waals surface area contributed by atoms with E-state index in [9.17, 15) is 18.0 Å². The van der Waals surface area contributed by atoms with E-state index in [0.29, 0.717) is 19.5 Å². The SMILES string of the molecule is O=C(CCCc1ccccc1)N1CC(Oc2cc(C(F)(F)F)ccn2)C1. The van der Waals surface area contributed by atoms with Gasteiger partial charge in [-0.05, 0) is 24.5 Å². The Balaban J connectivity index is 1.40. The van der Waals surface area contributed by atoms with Gasteiger partial charge in [0.15, 0.2) is 0 Å². The minimum absolute atomic E-state index is 0.0396. The number of benzene rings is 1. The lowest BCUT2D eigenvalue weighted by Crippen LogP contribution is -2.56. The Morgan fingerprint density at radius 1 is 1.19 bits per heavy atom. The number of aromatic nitrogens is 1. The number of nitrogens with zero attached hydrogens (tertiary/aromatic N) is 2. The molecule has 0 saturated carbocycles. The lowest BCUT2D eigenvalue weighted by atomic mass is 10.1. The number of pyridine rings is 1. The van der Waals surface area contributed by atoms with E-state index in [2.05, 4.69) is 4.98 Å². The maximum absolute atomic E-state index is 12.7. The van der Waals surface area contributed by atoms with Gasteiger partial charge in [-0.15, -0.1) is 0 Å². The van der Waals surface area contributed by atoms with Crippen LogP contribution in [0.5, 0.6) is 5.88 Å². The summed E-state index contributed by atoms with van der Waals surface area (Å²) in [6, 6.07) is 11.7. The second kappa shape index (κ2) is 7.76. The van der Waals surface area contributed by atoms with Gasteiger partial charge in [0, 0.05) is 18.7 Å². The third-order valence-electron chi connectivity index (χ3n) is 4.25. The highest BCUT2D eigenvalue weighted by molar-refractivity contribution is 5.77. The molecule has 1 fully saturated rings. The molecule has 0 unspecified atom stereocenters. The first-order chi connectivity index (χ1) is 12.4. The summed E-state index contributed by atoms with van der Waals surface area (Å²) in [5.41, 5.74) is 0.399. The van der Waals surface area contributed by atoms with E-state index >= 15 is 0 Å². The van der Waals surface area contributed by atoms with Crippen molar-refractivity contribution in [2.45, 2.75) is 31.5 Å². The zero-order valence-corrected chi connectivity index (χ0v) is 14.1. The first-order valence-electron chi connectivity index (χ1n) is 8.43. The molecule has 3 rings (SSSR count). The highest BCUT2D eigenvalue weighted by Gasteiger charge is 2.34. The summed E-state index contributed by atoms with van der Waals surface area (Å²) < 4.78 is 43.5. The van der Waals surface area contributed by atoms with Crippen molar-refractivity contribution in [1.82, 2.24) is 9.88 Å². The maximum atomic E-state index is 12.7. The third-order valence-corrected chi connectivity index (χ3v) is 4.25. The lowest BCUT2D eigenvalue weighted by molar-refractivity contribution is -0.140.